The van der Waals surface area contributed by atoms with Gasteiger partial charge in [0, 0.05) is 11.1 Å². The van der Waals surface area contributed by atoms with Gasteiger partial charge in [0.25, 0.3) is 0 Å². The number of carbonyl (C=O) groups excluding carboxylic acids is 1. The van der Waals surface area contributed by atoms with Gasteiger partial charge in [0.15, 0.2) is 0 Å². The van der Waals surface area contributed by atoms with Gasteiger partial charge in [0.05, 0.1) is 0 Å². The number of benzene rings is 4. The molecule has 0 atom stereocenters. The van der Waals surface area contributed by atoms with Gasteiger partial charge in [0.1, 0.15) is 28.6 Å². The van der Waals surface area contributed by atoms with Gasteiger partial charge in [-0.1, -0.05) is 47.5 Å². The lowest BCUT2D eigenvalue weighted by molar-refractivity contribution is 0.0205. The summed E-state index contributed by atoms with van der Waals surface area (Å²) in [7, 11) is -1.97. The summed E-state index contributed by atoms with van der Waals surface area (Å²) in [6.45, 7) is 21.5. The zero-order valence-corrected chi connectivity index (χ0v) is 28.6. The Kier molecular flexibility index (Phi) is 9.95. The van der Waals surface area contributed by atoms with Gasteiger partial charge in [-0.2, -0.15) is 0 Å². The van der Waals surface area contributed by atoms with E-state index in [2.05, 4.69) is 18.2 Å². The first-order chi connectivity index (χ1) is 20.6. The lowest BCUT2D eigenvalue weighted by atomic mass is 9.95. The van der Waals surface area contributed by atoms with Crippen LogP contribution >= 0.6 is 8.60 Å². The molecule has 4 rings (SSSR count). The first-order valence-corrected chi connectivity index (χ1v) is 15.8. The van der Waals surface area contributed by atoms with E-state index < -0.39 is 20.4 Å². The Labute approximate surface area is 263 Å². The Morgan fingerprint density at radius 3 is 1.43 bits per heavy atom. The second-order valence-electron chi connectivity index (χ2n) is 12.5. The van der Waals surface area contributed by atoms with Crippen molar-refractivity contribution in [3.63, 3.8) is 0 Å². The predicted octanol–water partition coefficient (Wildman–Crippen LogP) is 10.9. The van der Waals surface area contributed by atoms with E-state index in [1.54, 1.807) is 20.8 Å². The van der Waals surface area contributed by atoms with Crippen LogP contribution in [0.3, 0.4) is 0 Å². The van der Waals surface area contributed by atoms with Crippen LogP contribution in [-0.4, -0.2) is 11.8 Å². The normalized spacial score (nSPS) is 11.4. The van der Waals surface area contributed by atoms with Gasteiger partial charge in [-0.3, -0.25) is 0 Å². The number of carbonyl (C=O) groups is 1. The molecule has 0 saturated carbocycles. The van der Waals surface area contributed by atoms with Crippen molar-refractivity contribution in [3.8, 4) is 34.1 Å². The van der Waals surface area contributed by atoms with Crippen LogP contribution in [0.2, 0.25) is 0 Å². The second kappa shape index (κ2) is 13.3. The van der Waals surface area contributed by atoms with Crippen LogP contribution in [0, 0.1) is 55.4 Å². The van der Waals surface area contributed by atoms with E-state index in [4.69, 9.17) is 23.0 Å². The third-order valence-corrected chi connectivity index (χ3v) is 7.90. The van der Waals surface area contributed by atoms with Gasteiger partial charge >= 0.3 is 14.8 Å². The highest BCUT2D eigenvalue weighted by Gasteiger charge is 2.27. The van der Waals surface area contributed by atoms with Crippen molar-refractivity contribution < 1.29 is 27.8 Å². The maximum Gasteiger partial charge on any atom is 0.530 e. The molecule has 0 radical (unpaired) electrons. The topological polar surface area (TPSA) is 63.2 Å². The minimum absolute atomic E-state index is 0.412. The quantitative estimate of drug-likeness (QED) is 0.112. The molecule has 0 heterocycles. The van der Waals surface area contributed by atoms with Crippen LogP contribution in [0.15, 0.2) is 60.7 Å². The third kappa shape index (κ3) is 8.33. The Bertz CT molecular complexity index is 1630. The van der Waals surface area contributed by atoms with Gasteiger partial charge < -0.3 is 23.0 Å². The van der Waals surface area contributed by atoms with E-state index in [1.165, 1.54) is 0 Å². The van der Waals surface area contributed by atoms with Crippen molar-refractivity contribution in [1.29, 1.82) is 0 Å². The standard InChI is InChI=1S/C37H43O6P/c1-22-12-14-32(26(5)16-22)41-44(42-33-15-13-23(2)17-27(33)6)43-35-29(8)19-25(4)21-31(35)30-20-24(3)18-28(7)34(30)39-36(38)40-37(9,10)11/h12-21H,1-11H3. The molecule has 0 fully saturated rings. The molecule has 0 saturated heterocycles. The number of ether oxygens (including phenoxy) is 2. The van der Waals surface area contributed by atoms with Gasteiger partial charge in [0.2, 0.25) is 0 Å². The van der Waals surface area contributed by atoms with E-state index in [1.807, 2.05) is 97.9 Å². The Morgan fingerprint density at radius 2 is 0.977 bits per heavy atom. The fraction of sp³-hybridized carbons (Fsp3) is 0.324. The van der Waals surface area contributed by atoms with Gasteiger partial charge in [-0.15, -0.1) is 0 Å². The Balaban J connectivity index is 1.83. The third-order valence-electron chi connectivity index (χ3n) is 6.88. The minimum Gasteiger partial charge on any atom is -0.428 e. The summed E-state index contributed by atoms with van der Waals surface area (Å²) in [5.74, 6) is 2.35. The van der Waals surface area contributed by atoms with Gasteiger partial charge in [-0.05, 0) is 134 Å². The van der Waals surface area contributed by atoms with Crippen LogP contribution in [0.5, 0.6) is 23.0 Å². The molecule has 4 aromatic carbocycles. The largest absolute Gasteiger partial charge is 0.530 e. The van der Waals surface area contributed by atoms with Crippen LogP contribution < -0.4 is 18.3 Å². The molecular weight excluding hydrogens is 571 g/mol. The number of hydrogen-bond donors (Lipinski definition) is 0. The SMILES string of the molecule is Cc1ccc(OP(Oc2ccc(C)cc2C)Oc2c(C)cc(C)cc2-c2cc(C)cc(C)c2OC(=O)OC(C)(C)C)c(C)c1. The maximum atomic E-state index is 12.9. The molecule has 0 bridgehead atoms. The fourth-order valence-electron chi connectivity index (χ4n) is 5.01. The number of hydrogen-bond acceptors (Lipinski definition) is 6. The summed E-state index contributed by atoms with van der Waals surface area (Å²) in [5.41, 5.74) is 8.75. The highest BCUT2D eigenvalue weighted by atomic mass is 31.2. The average Bonchev–Trinajstić information content (AvgIpc) is 2.89. The maximum absolute atomic E-state index is 12.9. The molecule has 0 aliphatic rings. The molecule has 0 aliphatic heterocycles. The summed E-state index contributed by atoms with van der Waals surface area (Å²) in [6.07, 6.45) is -0.767. The molecule has 0 amide bonds. The van der Waals surface area contributed by atoms with Crippen molar-refractivity contribution in [2.75, 3.05) is 0 Å². The van der Waals surface area contributed by atoms with E-state index in [-0.39, 0.29) is 0 Å². The molecule has 7 heteroatoms. The van der Waals surface area contributed by atoms with Crippen molar-refractivity contribution in [3.05, 3.63) is 105 Å². The summed E-state index contributed by atoms with van der Waals surface area (Å²) >= 11 is 0. The predicted molar refractivity (Wildman–Crippen MR) is 178 cm³/mol. The number of rotatable bonds is 8. The molecular formula is C37H43O6P. The highest BCUT2D eigenvalue weighted by molar-refractivity contribution is 7.43. The first-order valence-electron chi connectivity index (χ1n) is 14.7. The Morgan fingerprint density at radius 1 is 0.545 bits per heavy atom. The van der Waals surface area contributed by atoms with E-state index in [0.29, 0.717) is 28.6 Å². The molecule has 4 aromatic rings. The van der Waals surface area contributed by atoms with Crippen LogP contribution in [0.25, 0.3) is 11.1 Å². The van der Waals surface area contributed by atoms with Crippen LogP contribution in [-0.2, 0) is 4.74 Å². The molecule has 232 valence electrons. The van der Waals surface area contributed by atoms with Crippen molar-refractivity contribution in [2.45, 2.75) is 81.8 Å². The molecule has 0 unspecified atom stereocenters. The van der Waals surface area contributed by atoms with Crippen LogP contribution in [0.1, 0.15) is 65.3 Å². The zero-order valence-electron chi connectivity index (χ0n) is 27.7. The summed E-state index contributed by atoms with van der Waals surface area (Å²) in [6, 6.07) is 20.1. The molecule has 0 aliphatic carbocycles. The van der Waals surface area contributed by atoms with E-state index in [9.17, 15) is 4.79 Å². The monoisotopic (exact) mass is 614 g/mol. The molecule has 6 nitrogen and oxygen atoms in total. The first kappa shape index (κ1) is 32.9. The van der Waals surface area contributed by atoms with Crippen molar-refractivity contribution >= 4 is 14.8 Å². The van der Waals surface area contributed by atoms with E-state index in [0.717, 1.165) is 50.1 Å². The molecule has 0 aromatic heterocycles. The second-order valence-corrected chi connectivity index (χ2v) is 13.5. The lowest BCUT2D eigenvalue weighted by Gasteiger charge is -2.24. The van der Waals surface area contributed by atoms with Crippen molar-refractivity contribution in [1.82, 2.24) is 0 Å². The smallest absolute Gasteiger partial charge is 0.428 e. The van der Waals surface area contributed by atoms with Gasteiger partial charge in [-0.25, -0.2) is 4.79 Å². The lowest BCUT2D eigenvalue weighted by Crippen LogP contribution is -2.26. The Hall–Kier alpha value is -4.02. The number of aryl methyl sites for hydroxylation is 8. The molecule has 0 N–H and O–H groups in total. The molecule has 0 spiro atoms. The summed E-state index contributed by atoms with van der Waals surface area (Å²) < 4.78 is 31.1. The highest BCUT2D eigenvalue weighted by Crippen LogP contribution is 2.49. The molecule has 44 heavy (non-hydrogen) atoms. The van der Waals surface area contributed by atoms with Crippen molar-refractivity contribution in [2.24, 2.45) is 0 Å². The van der Waals surface area contributed by atoms with E-state index >= 15 is 0 Å². The fourth-order valence-corrected chi connectivity index (χ4v) is 6.25. The zero-order chi connectivity index (χ0) is 32.3. The summed E-state index contributed by atoms with van der Waals surface area (Å²) in [4.78, 5) is 12.9. The summed E-state index contributed by atoms with van der Waals surface area (Å²) in [5, 5.41) is 0. The van der Waals surface area contributed by atoms with Crippen LogP contribution in [0.4, 0.5) is 4.79 Å². The minimum atomic E-state index is -1.97. The average molecular weight is 615 g/mol.